The molecule has 0 spiro atoms. The molecule has 5 rings (SSSR count). The standard InChI is InChI=1S/C24H22N6O4/c1-30(2)24-28-21(27-23(25)29-24)13-34-22(31)16-12-18(26-17-6-4-3-5-15(16)17)14-7-8-19-20(11-14)33-10-9-32-19/h3-8,11-12H,9-10,13H2,1-2H3,(H2,25,27,28,29). The number of nitrogens with two attached hydrogens (primary N) is 1. The van der Waals surface area contributed by atoms with E-state index in [0.717, 1.165) is 5.56 Å². The van der Waals surface area contributed by atoms with Crippen molar-refractivity contribution < 1.29 is 19.0 Å². The van der Waals surface area contributed by atoms with Crippen LogP contribution in [0.3, 0.4) is 0 Å². The van der Waals surface area contributed by atoms with Gasteiger partial charge >= 0.3 is 5.97 Å². The number of para-hydroxylation sites is 1. The highest BCUT2D eigenvalue weighted by Gasteiger charge is 2.18. The van der Waals surface area contributed by atoms with E-state index >= 15 is 0 Å². The fourth-order valence-corrected chi connectivity index (χ4v) is 3.59. The lowest BCUT2D eigenvalue weighted by atomic mass is 10.0. The van der Waals surface area contributed by atoms with Crippen LogP contribution in [0.1, 0.15) is 16.2 Å². The fourth-order valence-electron chi connectivity index (χ4n) is 3.59. The van der Waals surface area contributed by atoms with Crippen molar-refractivity contribution >= 4 is 28.8 Å². The van der Waals surface area contributed by atoms with E-state index in [9.17, 15) is 4.79 Å². The normalized spacial score (nSPS) is 12.4. The minimum absolute atomic E-state index is 0.0556. The topological polar surface area (TPSA) is 126 Å². The number of anilines is 2. The number of nitrogens with zero attached hydrogens (tertiary/aromatic N) is 5. The van der Waals surface area contributed by atoms with E-state index in [1.165, 1.54) is 0 Å². The van der Waals surface area contributed by atoms with Crippen LogP contribution in [0.2, 0.25) is 0 Å². The highest BCUT2D eigenvalue weighted by molar-refractivity contribution is 6.04. The largest absolute Gasteiger partial charge is 0.486 e. The second kappa shape index (κ2) is 8.81. The number of benzene rings is 2. The number of nitrogen functional groups attached to an aromatic ring is 1. The lowest BCUT2D eigenvalue weighted by Crippen LogP contribution is -2.17. The van der Waals surface area contributed by atoms with Crippen molar-refractivity contribution in [3.05, 3.63) is 59.9 Å². The van der Waals surface area contributed by atoms with Gasteiger partial charge in [0.05, 0.1) is 16.8 Å². The molecule has 10 heteroatoms. The first-order valence-electron chi connectivity index (χ1n) is 10.6. The third kappa shape index (κ3) is 4.25. The van der Waals surface area contributed by atoms with Crippen LogP contribution in [0.4, 0.5) is 11.9 Å². The number of hydrogen-bond donors (Lipinski definition) is 1. The third-order valence-corrected chi connectivity index (χ3v) is 5.19. The molecule has 0 unspecified atom stereocenters. The number of rotatable bonds is 5. The zero-order valence-electron chi connectivity index (χ0n) is 18.7. The van der Waals surface area contributed by atoms with Crippen LogP contribution in [0.15, 0.2) is 48.5 Å². The Morgan fingerprint density at radius 3 is 2.62 bits per heavy atom. The van der Waals surface area contributed by atoms with E-state index in [-0.39, 0.29) is 18.4 Å². The molecule has 0 bridgehead atoms. The molecule has 0 saturated carbocycles. The van der Waals surface area contributed by atoms with Crippen LogP contribution in [-0.2, 0) is 11.3 Å². The zero-order chi connectivity index (χ0) is 23.7. The molecule has 1 aliphatic heterocycles. The highest BCUT2D eigenvalue weighted by atomic mass is 16.6. The maximum Gasteiger partial charge on any atom is 0.339 e. The number of carbonyl (C=O) groups is 1. The fraction of sp³-hybridized carbons (Fsp3) is 0.208. The first-order chi connectivity index (χ1) is 16.5. The molecule has 2 aromatic carbocycles. The van der Waals surface area contributed by atoms with Crippen LogP contribution in [0.5, 0.6) is 11.5 Å². The average molecular weight is 458 g/mol. The summed E-state index contributed by atoms with van der Waals surface area (Å²) in [7, 11) is 3.57. The van der Waals surface area contributed by atoms with Crippen LogP contribution in [0.25, 0.3) is 22.2 Å². The van der Waals surface area contributed by atoms with Gasteiger partial charge < -0.3 is 24.8 Å². The molecule has 2 aromatic heterocycles. The predicted molar refractivity (Wildman–Crippen MR) is 126 cm³/mol. The van der Waals surface area contributed by atoms with Crippen LogP contribution in [0, 0.1) is 0 Å². The number of aromatic nitrogens is 4. The van der Waals surface area contributed by atoms with Crippen molar-refractivity contribution in [3.8, 4) is 22.8 Å². The lowest BCUT2D eigenvalue weighted by Gasteiger charge is -2.19. The summed E-state index contributed by atoms with van der Waals surface area (Å²) in [5.74, 6) is 1.50. The number of esters is 1. The van der Waals surface area contributed by atoms with Gasteiger partial charge in [-0.3, -0.25) is 0 Å². The minimum atomic E-state index is -0.525. The van der Waals surface area contributed by atoms with Crippen molar-refractivity contribution in [1.29, 1.82) is 0 Å². The summed E-state index contributed by atoms with van der Waals surface area (Å²) in [6.07, 6.45) is 0. The SMILES string of the molecule is CN(C)c1nc(N)nc(COC(=O)c2cc(-c3ccc4c(c3)OCCO4)nc3ccccc23)n1. The van der Waals surface area contributed by atoms with Crippen LogP contribution >= 0.6 is 0 Å². The summed E-state index contributed by atoms with van der Waals surface area (Å²) in [6.45, 7) is 0.845. The number of carbonyl (C=O) groups excluding carboxylic acids is 1. The molecular formula is C24H22N6O4. The smallest absolute Gasteiger partial charge is 0.339 e. The third-order valence-electron chi connectivity index (χ3n) is 5.19. The second-order valence-corrected chi connectivity index (χ2v) is 7.81. The molecule has 34 heavy (non-hydrogen) atoms. The molecule has 0 aliphatic carbocycles. The number of pyridine rings is 1. The van der Waals surface area contributed by atoms with E-state index in [4.69, 9.17) is 24.9 Å². The Morgan fingerprint density at radius 2 is 1.79 bits per heavy atom. The average Bonchev–Trinajstić information content (AvgIpc) is 2.86. The van der Waals surface area contributed by atoms with E-state index in [2.05, 4.69) is 15.0 Å². The number of fused-ring (bicyclic) bond motifs is 2. The Kier molecular flexibility index (Phi) is 5.54. The summed E-state index contributed by atoms with van der Waals surface area (Å²) < 4.78 is 16.9. The maximum absolute atomic E-state index is 13.1. The summed E-state index contributed by atoms with van der Waals surface area (Å²) in [5.41, 5.74) is 8.22. The van der Waals surface area contributed by atoms with E-state index in [0.29, 0.717) is 52.8 Å². The van der Waals surface area contributed by atoms with Gasteiger partial charge in [-0.1, -0.05) is 18.2 Å². The quantitative estimate of drug-likeness (QED) is 0.446. The molecule has 172 valence electrons. The molecule has 3 heterocycles. The first-order valence-corrected chi connectivity index (χ1v) is 10.6. The van der Waals surface area contributed by atoms with Gasteiger partial charge in [0.1, 0.15) is 13.2 Å². The highest BCUT2D eigenvalue weighted by Crippen LogP contribution is 2.35. The first kappa shape index (κ1) is 21.4. The Balaban J connectivity index is 1.47. The lowest BCUT2D eigenvalue weighted by molar-refractivity contribution is 0.0464. The molecule has 1 aliphatic rings. The van der Waals surface area contributed by atoms with Gasteiger partial charge in [-0.05, 0) is 30.3 Å². The van der Waals surface area contributed by atoms with Gasteiger partial charge in [0, 0.05) is 25.0 Å². The van der Waals surface area contributed by atoms with E-state index in [1.807, 2.05) is 42.5 Å². The summed E-state index contributed by atoms with van der Waals surface area (Å²) >= 11 is 0. The van der Waals surface area contributed by atoms with E-state index in [1.54, 1.807) is 25.1 Å². The Labute approximate surface area is 195 Å². The van der Waals surface area contributed by atoms with Gasteiger partial charge in [0.15, 0.2) is 23.9 Å². The molecule has 0 amide bonds. The van der Waals surface area contributed by atoms with Gasteiger partial charge in [0.2, 0.25) is 11.9 Å². The van der Waals surface area contributed by atoms with Crippen molar-refractivity contribution in [1.82, 2.24) is 19.9 Å². The molecule has 0 saturated heterocycles. The molecule has 0 radical (unpaired) electrons. The van der Waals surface area contributed by atoms with Crippen LogP contribution in [-0.4, -0.2) is 53.2 Å². The molecule has 4 aromatic rings. The Morgan fingerprint density at radius 1 is 1.00 bits per heavy atom. The second-order valence-electron chi connectivity index (χ2n) is 7.81. The summed E-state index contributed by atoms with van der Waals surface area (Å²) in [5, 5.41) is 0.679. The molecule has 2 N–H and O–H groups in total. The molecular weight excluding hydrogens is 436 g/mol. The number of hydrogen-bond acceptors (Lipinski definition) is 10. The van der Waals surface area contributed by atoms with Gasteiger partial charge in [-0.2, -0.15) is 15.0 Å². The van der Waals surface area contributed by atoms with Crippen molar-refractivity contribution in [2.24, 2.45) is 0 Å². The van der Waals surface area contributed by atoms with Crippen LogP contribution < -0.4 is 20.1 Å². The number of ether oxygens (including phenoxy) is 3. The maximum atomic E-state index is 13.1. The van der Waals surface area contributed by atoms with Gasteiger partial charge in [0.25, 0.3) is 0 Å². The summed E-state index contributed by atoms with van der Waals surface area (Å²) in [6, 6.07) is 14.7. The van der Waals surface area contributed by atoms with Gasteiger partial charge in [-0.25, -0.2) is 9.78 Å². The van der Waals surface area contributed by atoms with E-state index < -0.39 is 5.97 Å². The Bertz CT molecular complexity index is 1390. The molecule has 0 atom stereocenters. The monoisotopic (exact) mass is 458 g/mol. The molecule has 0 fully saturated rings. The summed E-state index contributed by atoms with van der Waals surface area (Å²) in [4.78, 5) is 32.0. The van der Waals surface area contributed by atoms with Crippen molar-refractivity contribution in [3.63, 3.8) is 0 Å². The van der Waals surface area contributed by atoms with Crippen molar-refractivity contribution in [2.45, 2.75) is 6.61 Å². The predicted octanol–water partition coefficient (Wildman–Crippen LogP) is 2.86. The van der Waals surface area contributed by atoms with Crippen molar-refractivity contribution in [2.75, 3.05) is 37.9 Å². The molecule has 10 nitrogen and oxygen atoms in total. The minimum Gasteiger partial charge on any atom is -0.486 e. The Hall–Kier alpha value is -4.47. The van der Waals surface area contributed by atoms with Gasteiger partial charge in [-0.15, -0.1) is 0 Å². The zero-order valence-corrected chi connectivity index (χ0v) is 18.7.